The van der Waals surface area contributed by atoms with Gasteiger partial charge in [-0.2, -0.15) is 5.10 Å². The topological polar surface area (TPSA) is 38.1 Å². The molecule has 0 radical (unpaired) electrons. The fourth-order valence-electron chi connectivity index (χ4n) is 2.43. The van der Waals surface area contributed by atoms with Crippen molar-refractivity contribution in [1.82, 2.24) is 9.78 Å². The second-order valence-corrected chi connectivity index (χ2v) is 6.15. The molecule has 0 aliphatic rings. The number of hydrogen-bond acceptors (Lipinski definition) is 2. The lowest BCUT2D eigenvalue weighted by Gasteiger charge is -2.11. The molecular weight excluding hydrogens is 248 g/mol. The van der Waals surface area contributed by atoms with Crippen LogP contribution in [0.4, 0.5) is 0 Å². The highest BCUT2D eigenvalue weighted by molar-refractivity contribution is 5.68. The van der Waals surface area contributed by atoms with Crippen LogP contribution in [0.3, 0.4) is 0 Å². The van der Waals surface area contributed by atoms with Crippen LogP contribution >= 0.6 is 0 Å². The van der Waals surface area contributed by atoms with Gasteiger partial charge in [-0.25, -0.2) is 0 Å². The molecule has 1 heterocycles. The van der Waals surface area contributed by atoms with Crippen LogP contribution in [-0.2, 0) is 6.42 Å². The Morgan fingerprint density at radius 1 is 1.20 bits per heavy atom. The van der Waals surface area contributed by atoms with E-state index in [2.05, 4.69) is 51.9 Å². The van der Waals surface area contributed by atoms with Gasteiger partial charge in [0.1, 0.15) is 11.4 Å². The summed E-state index contributed by atoms with van der Waals surface area (Å²) in [4.78, 5) is 0. The molecule has 2 rings (SSSR count). The second kappa shape index (κ2) is 5.70. The number of nitrogens with zero attached hydrogens (tertiary/aromatic N) is 2. The Morgan fingerprint density at radius 2 is 1.90 bits per heavy atom. The molecule has 0 fully saturated rings. The maximum Gasteiger partial charge on any atom is 0.164 e. The fourth-order valence-corrected chi connectivity index (χ4v) is 2.43. The van der Waals surface area contributed by atoms with Crippen LogP contribution in [-0.4, -0.2) is 14.9 Å². The van der Waals surface area contributed by atoms with E-state index < -0.39 is 0 Å². The van der Waals surface area contributed by atoms with E-state index in [0.29, 0.717) is 11.7 Å². The Labute approximate surface area is 121 Å². The zero-order valence-corrected chi connectivity index (χ0v) is 13.0. The van der Waals surface area contributed by atoms with Crippen LogP contribution in [0.25, 0.3) is 11.3 Å². The molecule has 0 amide bonds. The van der Waals surface area contributed by atoms with E-state index in [4.69, 9.17) is 0 Å². The van der Waals surface area contributed by atoms with Gasteiger partial charge in [-0.1, -0.05) is 37.6 Å². The van der Waals surface area contributed by atoms with Gasteiger partial charge in [0, 0.05) is 11.6 Å². The van der Waals surface area contributed by atoms with Crippen molar-refractivity contribution in [3.8, 4) is 17.0 Å². The van der Waals surface area contributed by atoms with Crippen molar-refractivity contribution in [3.05, 3.63) is 35.5 Å². The van der Waals surface area contributed by atoms with Crippen molar-refractivity contribution in [2.45, 2.75) is 47.1 Å². The summed E-state index contributed by atoms with van der Waals surface area (Å²) in [7, 11) is 0. The first kappa shape index (κ1) is 14.6. The highest BCUT2D eigenvalue weighted by atomic mass is 16.3. The van der Waals surface area contributed by atoms with Crippen LogP contribution in [0.5, 0.6) is 5.75 Å². The summed E-state index contributed by atoms with van der Waals surface area (Å²) in [5.74, 6) is 0.805. The van der Waals surface area contributed by atoms with Crippen molar-refractivity contribution in [1.29, 1.82) is 0 Å². The van der Waals surface area contributed by atoms with Crippen molar-refractivity contribution in [2.24, 2.45) is 5.92 Å². The predicted octanol–water partition coefficient (Wildman–Crippen LogP) is 4.34. The average molecular weight is 272 g/mol. The quantitative estimate of drug-likeness (QED) is 0.899. The number of benzene rings is 1. The fraction of sp³-hybridized carbons (Fsp3) is 0.471. The van der Waals surface area contributed by atoms with Gasteiger partial charge in [0.15, 0.2) is 5.75 Å². The molecule has 3 nitrogen and oxygen atoms in total. The molecule has 1 N–H and O–H groups in total. The largest absolute Gasteiger partial charge is 0.504 e. The van der Waals surface area contributed by atoms with Crippen molar-refractivity contribution in [2.75, 3.05) is 0 Å². The summed E-state index contributed by atoms with van der Waals surface area (Å²) in [6, 6.07) is 8.42. The summed E-state index contributed by atoms with van der Waals surface area (Å²) < 4.78 is 1.93. The number of aromatic hydroxyl groups is 1. The van der Waals surface area contributed by atoms with Crippen LogP contribution < -0.4 is 0 Å². The Balaban J connectivity index is 2.58. The van der Waals surface area contributed by atoms with E-state index in [9.17, 15) is 5.11 Å². The Hall–Kier alpha value is -1.77. The highest BCUT2D eigenvalue weighted by Crippen LogP contribution is 2.35. The zero-order chi connectivity index (χ0) is 14.9. The van der Waals surface area contributed by atoms with Crippen molar-refractivity contribution < 1.29 is 5.11 Å². The van der Waals surface area contributed by atoms with E-state index in [1.54, 1.807) is 0 Å². The molecule has 108 valence electrons. The van der Waals surface area contributed by atoms with E-state index >= 15 is 0 Å². The van der Waals surface area contributed by atoms with Crippen LogP contribution in [0, 0.1) is 12.8 Å². The molecule has 0 spiro atoms. The molecule has 0 aliphatic carbocycles. The maximum absolute atomic E-state index is 10.6. The molecule has 3 heteroatoms. The Kier molecular flexibility index (Phi) is 4.17. The average Bonchev–Trinajstić information content (AvgIpc) is 2.66. The van der Waals surface area contributed by atoms with Gasteiger partial charge in [-0.15, -0.1) is 0 Å². The second-order valence-electron chi connectivity index (χ2n) is 6.15. The Morgan fingerprint density at radius 3 is 2.45 bits per heavy atom. The molecule has 0 aliphatic heterocycles. The Bertz CT molecular complexity index is 597. The van der Waals surface area contributed by atoms with E-state index in [-0.39, 0.29) is 6.04 Å². The molecule has 20 heavy (non-hydrogen) atoms. The smallest absolute Gasteiger partial charge is 0.164 e. The molecule has 0 atom stereocenters. The lowest BCUT2D eigenvalue weighted by Crippen LogP contribution is -2.06. The first-order valence-corrected chi connectivity index (χ1v) is 7.27. The summed E-state index contributed by atoms with van der Waals surface area (Å²) >= 11 is 0. The van der Waals surface area contributed by atoms with Crippen molar-refractivity contribution >= 4 is 0 Å². The van der Waals surface area contributed by atoms with E-state index in [0.717, 1.165) is 23.4 Å². The number of hydrogen-bond donors (Lipinski definition) is 1. The van der Waals surface area contributed by atoms with Crippen LogP contribution in [0.2, 0.25) is 0 Å². The first-order chi connectivity index (χ1) is 9.40. The minimum atomic E-state index is 0.220. The van der Waals surface area contributed by atoms with Crippen molar-refractivity contribution in [3.63, 3.8) is 0 Å². The highest BCUT2D eigenvalue weighted by Gasteiger charge is 2.20. The van der Waals surface area contributed by atoms with Gasteiger partial charge >= 0.3 is 0 Å². The van der Waals surface area contributed by atoms with Gasteiger partial charge in [-0.05, 0) is 39.2 Å². The number of rotatable bonds is 4. The summed E-state index contributed by atoms with van der Waals surface area (Å²) in [5.41, 5.74) is 3.84. The van der Waals surface area contributed by atoms with Gasteiger partial charge in [0.05, 0.1) is 0 Å². The van der Waals surface area contributed by atoms with Gasteiger partial charge in [-0.3, -0.25) is 4.68 Å². The summed E-state index contributed by atoms with van der Waals surface area (Å²) in [6.07, 6.45) is 0.796. The molecule has 0 saturated carbocycles. The molecule has 0 bridgehead atoms. The third-order valence-electron chi connectivity index (χ3n) is 3.34. The molecule has 0 unspecified atom stereocenters. The van der Waals surface area contributed by atoms with Gasteiger partial charge in [0.2, 0.25) is 0 Å². The summed E-state index contributed by atoms with van der Waals surface area (Å²) in [5, 5.41) is 15.2. The minimum Gasteiger partial charge on any atom is -0.504 e. The van der Waals surface area contributed by atoms with E-state index in [1.165, 1.54) is 5.56 Å². The summed E-state index contributed by atoms with van der Waals surface area (Å²) in [6.45, 7) is 10.5. The number of aryl methyl sites for hydroxylation is 1. The molecule has 0 saturated heterocycles. The van der Waals surface area contributed by atoms with Gasteiger partial charge in [0.25, 0.3) is 0 Å². The van der Waals surface area contributed by atoms with Gasteiger partial charge < -0.3 is 5.11 Å². The molecule has 2 aromatic rings. The minimum absolute atomic E-state index is 0.220. The molecular formula is C17H24N2O. The predicted molar refractivity (Wildman–Crippen MR) is 83.0 cm³/mol. The zero-order valence-electron chi connectivity index (χ0n) is 13.0. The van der Waals surface area contributed by atoms with Crippen LogP contribution in [0.15, 0.2) is 24.3 Å². The molecule has 1 aromatic carbocycles. The number of aromatic nitrogens is 2. The SMILES string of the molecule is Cc1cccc(-c2c(O)c(CC(C)C)nn2C(C)C)c1. The van der Waals surface area contributed by atoms with E-state index in [1.807, 2.05) is 16.8 Å². The third-order valence-corrected chi connectivity index (χ3v) is 3.34. The maximum atomic E-state index is 10.6. The normalized spacial score (nSPS) is 11.6. The monoisotopic (exact) mass is 272 g/mol. The molecule has 1 aromatic heterocycles. The first-order valence-electron chi connectivity index (χ1n) is 7.27. The van der Waals surface area contributed by atoms with Crippen LogP contribution in [0.1, 0.15) is 45.0 Å². The standard InChI is InChI=1S/C17H24N2O/c1-11(2)9-15-17(20)16(19(18-15)12(3)4)14-8-6-7-13(5)10-14/h6-8,10-12,20H,9H2,1-5H3. The lowest BCUT2D eigenvalue weighted by atomic mass is 10.0. The lowest BCUT2D eigenvalue weighted by molar-refractivity contribution is 0.463. The third kappa shape index (κ3) is 2.87.